The van der Waals surface area contributed by atoms with Crippen LogP contribution in [0.1, 0.15) is 11.1 Å². The molecule has 0 aromatic heterocycles. The highest BCUT2D eigenvalue weighted by molar-refractivity contribution is 5.73. The summed E-state index contributed by atoms with van der Waals surface area (Å²) in [4.78, 5) is 10.5. The van der Waals surface area contributed by atoms with Gasteiger partial charge >= 0.3 is 5.97 Å². The van der Waals surface area contributed by atoms with Gasteiger partial charge in [0.2, 0.25) is 0 Å². The predicted octanol–water partition coefficient (Wildman–Crippen LogP) is 0.133. The van der Waals surface area contributed by atoms with Crippen molar-refractivity contribution < 1.29 is 15.0 Å². The van der Waals surface area contributed by atoms with Crippen molar-refractivity contribution in [1.82, 2.24) is 0 Å². The lowest BCUT2D eigenvalue weighted by Gasteiger charge is -2.06. The summed E-state index contributed by atoms with van der Waals surface area (Å²) < 4.78 is 0. The number of carboxylic acid groups (broad SMARTS) is 1. The van der Waals surface area contributed by atoms with E-state index in [4.69, 9.17) is 15.9 Å². The van der Waals surface area contributed by atoms with Gasteiger partial charge in [0.25, 0.3) is 0 Å². The molecule has 4 nitrogen and oxygen atoms in total. The van der Waals surface area contributed by atoms with E-state index in [1.807, 2.05) is 0 Å². The number of benzene rings is 1. The topological polar surface area (TPSA) is 83.5 Å². The molecule has 1 aromatic rings. The number of hydrogen-bond donors (Lipinski definition) is 3. The Morgan fingerprint density at radius 3 is 2.21 bits per heavy atom. The first-order valence-corrected chi connectivity index (χ1v) is 4.30. The van der Waals surface area contributed by atoms with Crippen LogP contribution in [0.3, 0.4) is 0 Å². The molecule has 0 aliphatic rings. The standard InChI is InChI=1S/C10H13NO3/c11-9(10(13)14)5-7-1-3-8(6-12)4-2-7/h1-4,9,12H,5-6,11H2,(H,13,14)/t9-/m1/s1. The second kappa shape index (κ2) is 4.74. The summed E-state index contributed by atoms with van der Waals surface area (Å²) in [6.07, 6.45) is 0.307. The van der Waals surface area contributed by atoms with Crippen molar-refractivity contribution in [2.45, 2.75) is 19.1 Å². The van der Waals surface area contributed by atoms with E-state index in [9.17, 15) is 4.79 Å². The van der Waals surface area contributed by atoms with Gasteiger partial charge in [0.05, 0.1) is 6.61 Å². The van der Waals surface area contributed by atoms with E-state index in [0.29, 0.717) is 6.42 Å². The van der Waals surface area contributed by atoms with Gasteiger partial charge in [-0.15, -0.1) is 0 Å². The zero-order valence-corrected chi connectivity index (χ0v) is 7.68. The largest absolute Gasteiger partial charge is 0.480 e. The van der Waals surface area contributed by atoms with Gasteiger partial charge in [0.15, 0.2) is 0 Å². The molecule has 0 heterocycles. The Kier molecular flexibility index (Phi) is 3.62. The Balaban J connectivity index is 2.64. The molecule has 0 amide bonds. The number of aliphatic hydroxyl groups excluding tert-OH is 1. The van der Waals surface area contributed by atoms with Gasteiger partial charge in [0, 0.05) is 0 Å². The van der Waals surface area contributed by atoms with Crippen LogP contribution in [0.25, 0.3) is 0 Å². The van der Waals surface area contributed by atoms with Crippen LogP contribution in [-0.2, 0) is 17.8 Å². The Labute approximate surface area is 82.0 Å². The van der Waals surface area contributed by atoms with Crippen LogP contribution < -0.4 is 5.73 Å². The first kappa shape index (κ1) is 10.7. The minimum atomic E-state index is -1.00. The van der Waals surface area contributed by atoms with E-state index >= 15 is 0 Å². The maximum atomic E-state index is 10.5. The van der Waals surface area contributed by atoms with E-state index < -0.39 is 12.0 Å². The fourth-order valence-corrected chi connectivity index (χ4v) is 1.12. The van der Waals surface area contributed by atoms with E-state index in [0.717, 1.165) is 11.1 Å². The lowest BCUT2D eigenvalue weighted by molar-refractivity contribution is -0.138. The van der Waals surface area contributed by atoms with Crippen molar-refractivity contribution in [1.29, 1.82) is 0 Å². The Bertz CT molecular complexity index is 308. The number of rotatable bonds is 4. The van der Waals surface area contributed by atoms with Gasteiger partial charge in [-0.1, -0.05) is 24.3 Å². The molecule has 14 heavy (non-hydrogen) atoms. The zero-order valence-electron chi connectivity index (χ0n) is 7.68. The van der Waals surface area contributed by atoms with Crippen LogP contribution >= 0.6 is 0 Å². The van der Waals surface area contributed by atoms with Crippen LogP contribution in [0, 0.1) is 0 Å². The van der Waals surface area contributed by atoms with E-state index in [-0.39, 0.29) is 6.61 Å². The monoisotopic (exact) mass is 195 g/mol. The van der Waals surface area contributed by atoms with Gasteiger partial charge in [-0.3, -0.25) is 4.79 Å². The van der Waals surface area contributed by atoms with Crippen LogP contribution in [0.4, 0.5) is 0 Å². The predicted molar refractivity (Wildman–Crippen MR) is 51.7 cm³/mol. The highest BCUT2D eigenvalue weighted by atomic mass is 16.4. The molecule has 0 radical (unpaired) electrons. The minimum absolute atomic E-state index is 0.00867. The number of carbonyl (C=O) groups is 1. The van der Waals surface area contributed by atoms with Crippen LogP contribution in [0.5, 0.6) is 0 Å². The quantitative estimate of drug-likeness (QED) is 0.637. The van der Waals surface area contributed by atoms with E-state index in [2.05, 4.69) is 0 Å². The average Bonchev–Trinajstić information content (AvgIpc) is 2.19. The molecular formula is C10H13NO3. The van der Waals surface area contributed by atoms with Gasteiger partial charge in [-0.2, -0.15) is 0 Å². The minimum Gasteiger partial charge on any atom is -0.480 e. The Morgan fingerprint density at radius 1 is 1.29 bits per heavy atom. The molecule has 0 saturated carbocycles. The molecule has 1 atom stereocenters. The summed E-state index contributed by atoms with van der Waals surface area (Å²) >= 11 is 0. The first-order chi connectivity index (χ1) is 6.63. The zero-order chi connectivity index (χ0) is 10.6. The van der Waals surface area contributed by atoms with E-state index in [1.165, 1.54) is 0 Å². The third kappa shape index (κ3) is 2.83. The second-order valence-electron chi connectivity index (χ2n) is 3.12. The molecule has 0 bridgehead atoms. The number of aliphatic hydroxyl groups is 1. The maximum absolute atomic E-state index is 10.5. The van der Waals surface area contributed by atoms with E-state index in [1.54, 1.807) is 24.3 Å². The lowest BCUT2D eigenvalue weighted by Crippen LogP contribution is -2.32. The number of aliphatic carboxylic acids is 1. The molecule has 76 valence electrons. The van der Waals surface area contributed by atoms with Gasteiger partial charge in [-0.25, -0.2) is 0 Å². The highest BCUT2D eigenvalue weighted by Gasteiger charge is 2.11. The van der Waals surface area contributed by atoms with Crippen molar-refractivity contribution in [3.8, 4) is 0 Å². The molecule has 1 aromatic carbocycles. The second-order valence-corrected chi connectivity index (χ2v) is 3.12. The van der Waals surface area contributed by atoms with Crippen molar-refractivity contribution in [2.75, 3.05) is 0 Å². The first-order valence-electron chi connectivity index (χ1n) is 4.30. The molecule has 0 unspecified atom stereocenters. The third-order valence-corrected chi connectivity index (χ3v) is 1.98. The molecule has 1 rings (SSSR count). The smallest absolute Gasteiger partial charge is 0.320 e. The molecule has 0 saturated heterocycles. The molecular weight excluding hydrogens is 182 g/mol. The SMILES string of the molecule is N[C@H](Cc1ccc(CO)cc1)C(=O)O. The fraction of sp³-hybridized carbons (Fsp3) is 0.300. The normalized spacial score (nSPS) is 12.4. The molecule has 4 N–H and O–H groups in total. The summed E-state index contributed by atoms with van der Waals surface area (Å²) in [5.41, 5.74) is 7.03. The summed E-state index contributed by atoms with van der Waals surface area (Å²) in [5.74, 6) is -1.00. The number of hydrogen-bond acceptors (Lipinski definition) is 3. The Hall–Kier alpha value is -1.39. The van der Waals surface area contributed by atoms with Crippen LogP contribution in [0.15, 0.2) is 24.3 Å². The summed E-state index contributed by atoms with van der Waals surface area (Å²) in [6, 6.07) is 6.19. The molecule has 0 fully saturated rings. The molecule has 4 heteroatoms. The number of carboxylic acids is 1. The van der Waals surface area contributed by atoms with Gasteiger partial charge in [-0.05, 0) is 17.5 Å². The lowest BCUT2D eigenvalue weighted by atomic mass is 10.1. The summed E-state index contributed by atoms with van der Waals surface area (Å²) in [6.45, 7) is -0.00867. The summed E-state index contributed by atoms with van der Waals surface area (Å²) in [7, 11) is 0. The molecule has 0 aliphatic carbocycles. The molecule has 0 spiro atoms. The highest BCUT2D eigenvalue weighted by Crippen LogP contribution is 2.06. The maximum Gasteiger partial charge on any atom is 0.320 e. The van der Waals surface area contributed by atoms with Crippen LogP contribution in [-0.4, -0.2) is 22.2 Å². The van der Waals surface area contributed by atoms with Crippen molar-refractivity contribution in [3.05, 3.63) is 35.4 Å². The van der Waals surface area contributed by atoms with Gasteiger partial charge < -0.3 is 15.9 Å². The fourth-order valence-electron chi connectivity index (χ4n) is 1.12. The molecule has 0 aliphatic heterocycles. The average molecular weight is 195 g/mol. The van der Waals surface area contributed by atoms with Crippen molar-refractivity contribution in [2.24, 2.45) is 5.73 Å². The van der Waals surface area contributed by atoms with Crippen molar-refractivity contribution >= 4 is 5.97 Å². The van der Waals surface area contributed by atoms with Crippen molar-refractivity contribution in [3.63, 3.8) is 0 Å². The van der Waals surface area contributed by atoms with Gasteiger partial charge in [0.1, 0.15) is 6.04 Å². The third-order valence-electron chi connectivity index (χ3n) is 1.98. The summed E-state index contributed by atoms with van der Waals surface area (Å²) in [5, 5.41) is 17.4. The van der Waals surface area contributed by atoms with Crippen LogP contribution in [0.2, 0.25) is 0 Å². The Morgan fingerprint density at radius 2 is 1.79 bits per heavy atom. The number of nitrogens with two attached hydrogens (primary N) is 1.